The van der Waals surface area contributed by atoms with E-state index in [1.54, 1.807) is 29.5 Å². The Morgan fingerprint density at radius 2 is 2.18 bits per heavy atom. The second-order valence-electron chi connectivity index (χ2n) is 3.67. The van der Waals surface area contributed by atoms with E-state index in [0.29, 0.717) is 16.1 Å². The average molecular weight is 267 g/mol. The molecule has 0 aliphatic carbocycles. The van der Waals surface area contributed by atoms with Crippen molar-refractivity contribution in [2.24, 2.45) is 0 Å². The molecule has 2 rings (SSSR count). The predicted octanol–water partition coefficient (Wildman–Crippen LogP) is 4.33. The first-order valence-electron chi connectivity index (χ1n) is 5.22. The van der Waals surface area contributed by atoms with Crippen molar-refractivity contribution in [3.8, 4) is 10.4 Å². The molecule has 2 aromatic rings. The fourth-order valence-corrected chi connectivity index (χ4v) is 2.81. The molecule has 2 nitrogen and oxygen atoms in total. The molecule has 0 spiro atoms. The highest BCUT2D eigenvalue weighted by atomic mass is 35.5. The molecule has 1 heterocycles. The van der Waals surface area contributed by atoms with Crippen LogP contribution in [0, 0.1) is 0 Å². The van der Waals surface area contributed by atoms with Gasteiger partial charge in [-0.25, -0.2) is 4.79 Å². The minimum Gasteiger partial charge on any atom is -0.478 e. The van der Waals surface area contributed by atoms with Gasteiger partial charge in [-0.05, 0) is 41.6 Å². The van der Waals surface area contributed by atoms with Crippen molar-refractivity contribution < 1.29 is 9.90 Å². The monoisotopic (exact) mass is 266 g/mol. The summed E-state index contributed by atoms with van der Waals surface area (Å²) in [5.74, 6) is -0.928. The summed E-state index contributed by atoms with van der Waals surface area (Å²) < 4.78 is 0. The van der Waals surface area contributed by atoms with E-state index in [4.69, 9.17) is 16.7 Å². The molecule has 0 bridgehead atoms. The van der Waals surface area contributed by atoms with Gasteiger partial charge in [0.1, 0.15) is 0 Å². The second kappa shape index (κ2) is 4.90. The number of carbonyl (C=O) groups is 1. The SMILES string of the molecule is CCc1csc(-c2cc(Cl)ccc2C(=O)O)c1. The zero-order chi connectivity index (χ0) is 12.4. The van der Waals surface area contributed by atoms with E-state index < -0.39 is 5.97 Å². The fraction of sp³-hybridized carbons (Fsp3) is 0.154. The van der Waals surface area contributed by atoms with Crippen molar-refractivity contribution in [3.05, 3.63) is 45.8 Å². The van der Waals surface area contributed by atoms with E-state index in [0.717, 1.165) is 11.3 Å². The lowest BCUT2D eigenvalue weighted by atomic mass is 10.1. The predicted molar refractivity (Wildman–Crippen MR) is 71.1 cm³/mol. The van der Waals surface area contributed by atoms with E-state index in [2.05, 4.69) is 6.92 Å². The van der Waals surface area contributed by atoms with Crippen molar-refractivity contribution in [2.45, 2.75) is 13.3 Å². The first-order chi connectivity index (χ1) is 8.11. The van der Waals surface area contributed by atoms with Gasteiger partial charge in [-0.15, -0.1) is 11.3 Å². The van der Waals surface area contributed by atoms with Crippen LogP contribution in [0.5, 0.6) is 0 Å². The molecule has 0 radical (unpaired) electrons. The topological polar surface area (TPSA) is 37.3 Å². The number of rotatable bonds is 3. The van der Waals surface area contributed by atoms with Crippen molar-refractivity contribution in [3.63, 3.8) is 0 Å². The average Bonchev–Trinajstić information content (AvgIpc) is 2.76. The Balaban J connectivity index is 2.56. The third-order valence-corrected chi connectivity index (χ3v) is 3.79. The Bertz CT molecular complexity index is 560. The molecule has 0 unspecified atom stereocenters. The molecule has 0 atom stereocenters. The fourth-order valence-electron chi connectivity index (χ4n) is 1.61. The van der Waals surface area contributed by atoms with E-state index in [1.807, 2.05) is 11.4 Å². The lowest BCUT2D eigenvalue weighted by Crippen LogP contribution is -1.98. The van der Waals surface area contributed by atoms with E-state index in [9.17, 15) is 4.79 Å². The Morgan fingerprint density at radius 1 is 1.41 bits per heavy atom. The highest BCUT2D eigenvalue weighted by Crippen LogP contribution is 2.32. The maximum atomic E-state index is 11.1. The van der Waals surface area contributed by atoms with Gasteiger partial charge < -0.3 is 5.11 Å². The first-order valence-corrected chi connectivity index (χ1v) is 6.48. The Labute approximate surface area is 108 Å². The smallest absolute Gasteiger partial charge is 0.336 e. The summed E-state index contributed by atoms with van der Waals surface area (Å²) in [4.78, 5) is 12.1. The minimum atomic E-state index is -0.928. The summed E-state index contributed by atoms with van der Waals surface area (Å²) in [6, 6.07) is 6.87. The molecular weight excluding hydrogens is 256 g/mol. The highest BCUT2D eigenvalue weighted by Gasteiger charge is 2.13. The van der Waals surface area contributed by atoms with Crippen LogP contribution in [0.15, 0.2) is 29.6 Å². The summed E-state index contributed by atoms with van der Waals surface area (Å²) in [5, 5.41) is 11.7. The summed E-state index contributed by atoms with van der Waals surface area (Å²) in [5.41, 5.74) is 2.19. The van der Waals surface area contributed by atoms with Crippen LogP contribution in [0.4, 0.5) is 0 Å². The third-order valence-electron chi connectivity index (χ3n) is 2.54. The zero-order valence-corrected chi connectivity index (χ0v) is 10.8. The molecule has 1 N–H and O–H groups in total. The molecule has 0 fully saturated rings. The normalized spacial score (nSPS) is 10.5. The van der Waals surface area contributed by atoms with Crippen LogP contribution in [0.25, 0.3) is 10.4 Å². The lowest BCUT2D eigenvalue weighted by Gasteiger charge is -2.04. The van der Waals surface area contributed by atoms with Crippen LogP contribution in [0.1, 0.15) is 22.8 Å². The van der Waals surface area contributed by atoms with Crippen LogP contribution >= 0.6 is 22.9 Å². The minimum absolute atomic E-state index is 0.291. The number of carboxylic acids is 1. The standard InChI is InChI=1S/C13H11ClO2S/c1-2-8-5-12(17-7-8)11-6-9(14)3-4-10(11)13(15)16/h3-7H,2H2,1H3,(H,15,16). The summed E-state index contributed by atoms with van der Waals surface area (Å²) in [7, 11) is 0. The number of aromatic carboxylic acids is 1. The van der Waals surface area contributed by atoms with Gasteiger partial charge in [0.15, 0.2) is 0 Å². The molecule has 1 aromatic heterocycles. The van der Waals surface area contributed by atoms with Crippen molar-refractivity contribution in [1.82, 2.24) is 0 Å². The van der Waals surface area contributed by atoms with Crippen LogP contribution in [0.3, 0.4) is 0 Å². The quantitative estimate of drug-likeness (QED) is 0.898. The van der Waals surface area contributed by atoms with Crippen molar-refractivity contribution in [1.29, 1.82) is 0 Å². The largest absolute Gasteiger partial charge is 0.478 e. The molecule has 0 saturated carbocycles. The molecule has 0 amide bonds. The van der Waals surface area contributed by atoms with Crippen LogP contribution in [-0.4, -0.2) is 11.1 Å². The van der Waals surface area contributed by atoms with Crippen LogP contribution < -0.4 is 0 Å². The maximum Gasteiger partial charge on any atom is 0.336 e. The van der Waals surface area contributed by atoms with Crippen LogP contribution in [0.2, 0.25) is 5.02 Å². The third kappa shape index (κ3) is 2.51. The van der Waals surface area contributed by atoms with Gasteiger partial charge in [0.05, 0.1) is 5.56 Å². The number of hydrogen-bond acceptors (Lipinski definition) is 2. The number of hydrogen-bond donors (Lipinski definition) is 1. The number of thiophene rings is 1. The molecule has 88 valence electrons. The van der Waals surface area contributed by atoms with E-state index >= 15 is 0 Å². The van der Waals surface area contributed by atoms with Crippen molar-refractivity contribution in [2.75, 3.05) is 0 Å². The first kappa shape index (κ1) is 12.1. The molecule has 0 aliphatic rings. The van der Waals surface area contributed by atoms with Gasteiger partial charge >= 0.3 is 5.97 Å². The van der Waals surface area contributed by atoms with Gasteiger partial charge in [0, 0.05) is 15.5 Å². The summed E-state index contributed by atoms with van der Waals surface area (Å²) in [6.45, 7) is 2.07. The van der Waals surface area contributed by atoms with Gasteiger partial charge in [-0.2, -0.15) is 0 Å². The lowest BCUT2D eigenvalue weighted by molar-refractivity contribution is 0.0698. The molecular formula is C13H11ClO2S. The maximum absolute atomic E-state index is 11.1. The number of halogens is 1. The van der Waals surface area contributed by atoms with Gasteiger partial charge in [0.25, 0.3) is 0 Å². The van der Waals surface area contributed by atoms with E-state index in [-0.39, 0.29) is 0 Å². The molecule has 4 heteroatoms. The van der Waals surface area contributed by atoms with Gasteiger partial charge in [0.2, 0.25) is 0 Å². The Morgan fingerprint density at radius 3 is 2.76 bits per heavy atom. The summed E-state index contributed by atoms with van der Waals surface area (Å²) >= 11 is 7.47. The number of benzene rings is 1. The molecule has 17 heavy (non-hydrogen) atoms. The highest BCUT2D eigenvalue weighted by molar-refractivity contribution is 7.13. The molecule has 0 aliphatic heterocycles. The molecule has 1 aromatic carbocycles. The second-order valence-corrected chi connectivity index (χ2v) is 5.02. The zero-order valence-electron chi connectivity index (χ0n) is 9.24. The van der Waals surface area contributed by atoms with Crippen LogP contribution in [-0.2, 0) is 6.42 Å². The van der Waals surface area contributed by atoms with Gasteiger partial charge in [-0.1, -0.05) is 18.5 Å². The Hall–Kier alpha value is -1.32. The summed E-state index contributed by atoms with van der Waals surface area (Å²) in [6.07, 6.45) is 0.944. The number of carboxylic acid groups (broad SMARTS) is 1. The van der Waals surface area contributed by atoms with Crippen molar-refractivity contribution >= 4 is 28.9 Å². The van der Waals surface area contributed by atoms with Gasteiger partial charge in [-0.3, -0.25) is 0 Å². The molecule has 0 saturated heterocycles. The van der Waals surface area contributed by atoms with E-state index in [1.165, 1.54) is 5.56 Å². The number of aryl methyl sites for hydroxylation is 1. The Kier molecular flexibility index (Phi) is 3.50.